The number of nitrogens with zero attached hydrogens (tertiary/aromatic N) is 1. The fourth-order valence-corrected chi connectivity index (χ4v) is 1.77. The van der Waals surface area contributed by atoms with Crippen LogP contribution in [0, 0.1) is 0 Å². The van der Waals surface area contributed by atoms with Crippen LogP contribution in [0.1, 0.15) is 22.3 Å². The number of hydrogen-bond donors (Lipinski definition) is 0. The smallest absolute Gasteiger partial charge is 0.153 e. The molecule has 0 aromatic heterocycles. The Hall–Kier alpha value is -1.35. The van der Waals surface area contributed by atoms with Crippen molar-refractivity contribution in [1.29, 1.82) is 0 Å². The summed E-state index contributed by atoms with van der Waals surface area (Å²) in [7, 11) is 1.58. The van der Waals surface area contributed by atoms with Crippen molar-refractivity contribution in [3.63, 3.8) is 0 Å². The highest BCUT2D eigenvalue weighted by Crippen LogP contribution is 2.20. The van der Waals surface area contributed by atoms with Gasteiger partial charge < -0.3 is 4.74 Å². The molecule has 0 amide bonds. The standard InChI is InChI=1S/C12H15NO2/c1-15-12-4-3-10(7-11(12)9-14)8-13-5-2-6-13/h3-4,7,9H,2,5-6,8H2,1H3. The normalized spacial score (nSPS) is 15.8. The van der Waals surface area contributed by atoms with Crippen molar-refractivity contribution in [3.05, 3.63) is 29.3 Å². The van der Waals surface area contributed by atoms with Crippen LogP contribution in [0.15, 0.2) is 18.2 Å². The van der Waals surface area contributed by atoms with E-state index in [1.54, 1.807) is 7.11 Å². The van der Waals surface area contributed by atoms with Crippen LogP contribution >= 0.6 is 0 Å². The third kappa shape index (κ3) is 2.18. The van der Waals surface area contributed by atoms with Crippen molar-refractivity contribution in [2.45, 2.75) is 13.0 Å². The SMILES string of the molecule is COc1ccc(CN2CCC2)cc1C=O. The van der Waals surface area contributed by atoms with Gasteiger partial charge in [-0.15, -0.1) is 0 Å². The van der Waals surface area contributed by atoms with Crippen LogP contribution in [0.4, 0.5) is 0 Å². The van der Waals surface area contributed by atoms with E-state index in [4.69, 9.17) is 4.74 Å². The average molecular weight is 205 g/mol. The van der Waals surface area contributed by atoms with Crippen LogP contribution in [0.5, 0.6) is 5.75 Å². The highest BCUT2D eigenvalue weighted by molar-refractivity contribution is 5.79. The Bertz CT molecular complexity index is 359. The summed E-state index contributed by atoms with van der Waals surface area (Å²) in [6, 6.07) is 5.78. The number of carbonyl (C=O) groups excluding carboxylic acids is 1. The van der Waals surface area contributed by atoms with Crippen molar-refractivity contribution in [2.24, 2.45) is 0 Å². The van der Waals surface area contributed by atoms with Gasteiger partial charge in [-0.1, -0.05) is 6.07 Å². The fourth-order valence-electron chi connectivity index (χ4n) is 1.77. The molecule has 1 aromatic rings. The largest absolute Gasteiger partial charge is 0.496 e. The minimum atomic E-state index is 0.635. The van der Waals surface area contributed by atoms with E-state index in [1.165, 1.54) is 25.1 Å². The van der Waals surface area contributed by atoms with Crippen molar-refractivity contribution >= 4 is 6.29 Å². The summed E-state index contributed by atoms with van der Waals surface area (Å²) in [5, 5.41) is 0. The van der Waals surface area contributed by atoms with E-state index in [2.05, 4.69) is 4.90 Å². The molecule has 0 bridgehead atoms. The Morgan fingerprint density at radius 2 is 2.27 bits per heavy atom. The Morgan fingerprint density at radius 1 is 1.47 bits per heavy atom. The molecule has 0 atom stereocenters. The maximum atomic E-state index is 10.8. The van der Waals surface area contributed by atoms with E-state index in [0.717, 1.165) is 12.8 Å². The number of ether oxygens (including phenoxy) is 1. The lowest BCUT2D eigenvalue weighted by molar-refractivity contribution is 0.112. The van der Waals surface area contributed by atoms with Crippen LogP contribution in [0.25, 0.3) is 0 Å². The lowest BCUT2D eigenvalue weighted by Gasteiger charge is -2.30. The monoisotopic (exact) mass is 205 g/mol. The van der Waals surface area contributed by atoms with Gasteiger partial charge in [0.2, 0.25) is 0 Å². The first-order chi connectivity index (χ1) is 7.33. The lowest BCUT2D eigenvalue weighted by Crippen LogP contribution is -2.36. The second-order valence-corrected chi connectivity index (χ2v) is 3.82. The molecule has 1 aromatic carbocycles. The zero-order valence-corrected chi connectivity index (χ0v) is 8.90. The van der Waals surface area contributed by atoms with Crippen LogP contribution in [-0.2, 0) is 6.54 Å². The first-order valence-corrected chi connectivity index (χ1v) is 5.18. The molecule has 1 aliphatic rings. The summed E-state index contributed by atoms with van der Waals surface area (Å²) in [6.07, 6.45) is 2.13. The summed E-state index contributed by atoms with van der Waals surface area (Å²) in [5.74, 6) is 0.650. The maximum absolute atomic E-state index is 10.8. The molecular formula is C12H15NO2. The highest BCUT2D eigenvalue weighted by atomic mass is 16.5. The van der Waals surface area contributed by atoms with Gasteiger partial charge in [0.25, 0.3) is 0 Å². The molecule has 1 heterocycles. The summed E-state index contributed by atoms with van der Waals surface area (Å²) in [4.78, 5) is 13.2. The number of likely N-dealkylation sites (tertiary alicyclic amines) is 1. The van der Waals surface area contributed by atoms with Crippen LogP contribution < -0.4 is 4.74 Å². The molecule has 2 rings (SSSR count). The molecule has 0 N–H and O–H groups in total. The maximum Gasteiger partial charge on any atom is 0.153 e. The summed E-state index contributed by atoms with van der Waals surface area (Å²) < 4.78 is 5.09. The zero-order chi connectivity index (χ0) is 10.7. The quantitative estimate of drug-likeness (QED) is 0.701. The Balaban J connectivity index is 2.14. The number of methoxy groups -OCH3 is 1. The van der Waals surface area contributed by atoms with Crippen LogP contribution in [-0.4, -0.2) is 31.4 Å². The lowest BCUT2D eigenvalue weighted by atomic mass is 10.1. The molecule has 80 valence electrons. The molecule has 0 aliphatic carbocycles. The van der Waals surface area contributed by atoms with Gasteiger partial charge in [-0.05, 0) is 37.2 Å². The molecule has 3 nitrogen and oxygen atoms in total. The minimum Gasteiger partial charge on any atom is -0.496 e. The van der Waals surface area contributed by atoms with E-state index in [-0.39, 0.29) is 0 Å². The highest BCUT2D eigenvalue weighted by Gasteiger charge is 2.14. The van der Waals surface area contributed by atoms with Gasteiger partial charge in [0.1, 0.15) is 5.75 Å². The number of rotatable bonds is 4. The predicted molar refractivity (Wildman–Crippen MR) is 58.3 cm³/mol. The first kappa shape index (κ1) is 10.2. The second-order valence-electron chi connectivity index (χ2n) is 3.82. The van der Waals surface area contributed by atoms with Gasteiger partial charge in [0.05, 0.1) is 12.7 Å². The summed E-state index contributed by atoms with van der Waals surface area (Å²) in [6.45, 7) is 3.27. The van der Waals surface area contributed by atoms with Gasteiger partial charge in [0, 0.05) is 6.54 Å². The van der Waals surface area contributed by atoms with E-state index >= 15 is 0 Å². The van der Waals surface area contributed by atoms with Crippen molar-refractivity contribution in [3.8, 4) is 5.75 Å². The van der Waals surface area contributed by atoms with E-state index in [9.17, 15) is 4.79 Å². The van der Waals surface area contributed by atoms with Crippen LogP contribution in [0.3, 0.4) is 0 Å². The molecule has 0 unspecified atom stereocenters. The molecule has 0 spiro atoms. The number of carbonyl (C=O) groups is 1. The van der Waals surface area contributed by atoms with E-state index in [1.807, 2.05) is 18.2 Å². The Morgan fingerprint density at radius 3 is 2.80 bits per heavy atom. The topological polar surface area (TPSA) is 29.5 Å². The van der Waals surface area contributed by atoms with E-state index < -0.39 is 0 Å². The zero-order valence-electron chi connectivity index (χ0n) is 8.90. The Kier molecular flexibility index (Phi) is 3.02. The number of benzene rings is 1. The molecule has 0 saturated carbocycles. The van der Waals surface area contributed by atoms with Crippen molar-refractivity contribution in [1.82, 2.24) is 4.90 Å². The van der Waals surface area contributed by atoms with Gasteiger partial charge in [-0.3, -0.25) is 9.69 Å². The minimum absolute atomic E-state index is 0.635. The molecule has 15 heavy (non-hydrogen) atoms. The van der Waals surface area contributed by atoms with Gasteiger partial charge in [0.15, 0.2) is 6.29 Å². The van der Waals surface area contributed by atoms with Crippen molar-refractivity contribution < 1.29 is 9.53 Å². The summed E-state index contributed by atoms with van der Waals surface area (Å²) >= 11 is 0. The average Bonchev–Trinajstić information content (AvgIpc) is 2.23. The summed E-state index contributed by atoms with van der Waals surface area (Å²) in [5.41, 5.74) is 1.81. The van der Waals surface area contributed by atoms with Gasteiger partial charge in [-0.2, -0.15) is 0 Å². The number of aldehydes is 1. The van der Waals surface area contributed by atoms with Gasteiger partial charge in [-0.25, -0.2) is 0 Å². The second kappa shape index (κ2) is 4.45. The third-order valence-electron chi connectivity index (χ3n) is 2.78. The molecule has 1 aliphatic heterocycles. The molecular weight excluding hydrogens is 190 g/mol. The Labute approximate surface area is 89.7 Å². The fraction of sp³-hybridized carbons (Fsp3) is 0.417. The number of hydrogen-bond acceptors (Lipinski definition) is 3. The first-order valence-electron chi connectivity index (χ1n) is 5.18. The van der Waals surface area contributed by atoms with Crippen molar-refractivity contribution in [2.75, 3.05) is 20.2 Å². The molecule has 3 heteroatoms. The molecule has 1 fully saturated rings. The molecule has 1 saturated heterocycles. The van der Waals surface area contributed by atoms with E-state index in [0.29, 0.717) is 11.3 Å². The third-order valence-corrected chi connectivity index (χ3v) is 2.78. The predicted octanol–water partition coefficient (Wildman–Crippen LogP) is 1.71. The van der Waals surface area contributed by atoms with Gasteiger partial charge >= 0.3 is 0 Å². The van der Waals surface area contributed by atoms with Crippen LogP contribution in [0.2, 0.25) is 0 Å². The molecule has 0 radical (unpaired) electrons.